The molecule has 1 aromatic carbocycles. The molecule has 27 heavy (non-hydrogen) atoms. The Labute approximate surface area is 181 Å². The second kappa shape index (κ2) is 10.5. The maximum atomic E-state index is 5.27. The molecule has 3 rings (SSSR count). The summed E-state index contributed by atoms with van der Waals surface area (Å²) in [5.74, 6) is 2.51. The lowest BCUT2D eigenvalue weighted by Gasteiger charge is -2.38. The summed E-state index contributed by atoms with van der Waals surface area (Å²) in [5, 5.41) is 3.61. The third kappa shape index (κ3) is 5.71. The predicted octanol–water partition coefficient (Wildman–Crippen LogP) is 1.92. The van der Waals surface area contributed by atoms with Crippen LogP contribution in [0.1, 0.15) is 17.9 Å². The smallest absolute Gasteiger partial charge is 0.193 e. The monoisotopic (exact) mass is 487 g/mol. The Kier molecular flexibility index (Phi) is 8.62. The predicted molar refractivity (Wildman–Crippen MR) is 123 cm³/mol. The molecular weight excluding hydrogens is 453 g/mol. The van der Waals surface area contributed by atoms with E-state index in [0.29, 0.717) is 12.0 Å². The summed E-state index contributed by atoms with van der Waals surface area (Å²) < 4.78 is 5.27. The molecule has 1 aromatic rings. The van der Waals surface area contributed by atoms with Crippen LogP contribution in [0.5, 0.6) is 5.75 Å². The van der Waals surface area contributed by atoms with Gasteiger partial charge >= 0.3 is 0 Å². The third-order valence-electron chi connectivity index (χ3n) is 5.76. The van der Waals surface area contributed by atoms with Gasteiger partial charge in [0.2, 0.25) is 0 Å². The quantitative estimate of drug-likeness (QED) is 0.400. The van der Waals surface area contributed by atoms with Crippen molar-refractivity contribution in [1.29, 1.82) is 0 Å². The van der Waals surface area contributed by atoms with Crippen molar-refractivity contribution in [2.75, 3.05) is 67.5 Å². The Morgan fingerprint density at radius 2 is 1.89 bits per heavy atom. The van der Waals surface area contributed by atoms with E-state index in [1.54, 1.807) is 7.11 Å². The first kappa shape index (κ1) is 22.2. The second-order valence-corrected chi connectivity index (χ2v) is 7.53. The molecule has 0 radical (unpaired) electrons. The van der Waals surface area contributed by atoms with Crippen molar-refractivity contribution in [3.8, 4) is 5.75 Å². The number of nitrogens with one attached hydrogen (secondary N) is 1. The summed E-state index contributed by atoms with van der Waals surface area (Å²) in [5.41, 5.74) is 1.39. The number of likely N-dealkylation sites (tertiary alicyclic amines) is 1. The first-order chi connectivity index (χ1) is 12.6. The van der Waals surface area contributed by atoms with E-state index < -0.39 is 0 Å². The average molecular weight is 487 g/mol. The highest BCUT2D eigenvalue weighted by molar-refractivity contribution is 14.0. The molecule has 2 saturated heterocycles. The Bertz CT molecular complexity index is 609. The lowest BCUT2D eigenvalue weighted by molar-refractivity contribution is 0.116. The zero-order valence-electron chi connectivity index (χ0n) is 17.0. The molecule has 2 unspecified atom stereocenters. The topological polar surface area (TPSA) is 43.3 Å². The zero-order chi connectivity index (χ0) is 18.5. The number of aliphatic imine (C=N–C) groups is 1. The van der Waals surface area contributed by atoms with Crippen LogP contribution in [0, 0.1) is 0 Å². The molecule has 0 saturated carbocycles. The highest BCUT2D eigenvalue weighted by Crippen LogP contribution is 2.28. The van der Waals surface area contributed by atoms with Gasteiger partial charge in [-0.2, -0.15) is 0 Å². The lowest BCUT2D eigenvalue weighted by Crippen LogP contribution is -2.55. The highest BCUT2D eigenvalue weighted by Gasteiger charge is 2.27. The number of methoxy groups -OCH3 is 1. The van der Waals surface area contributed by atoms with Gasteiger partial charge in [0.15, 0.2) is 5.96 Å². The summed E-state index contributed by atoms with van der Waals surface area (Å²) in [6.45, 7) is 6.40. The molecule has 2 fully saturated rings. The van der Waals surface area contributed by atoms with E-state index in [0.717, 1.165) is 51.0 Å². The van der Waals surface area contributed by atoms with Crippen LogP contribution in [0.4, 0.5) is 0 Å². The number of halogens is 1. The van der Waals surface area contributed by atoms with Gasteiger partial charge in [-0.15, -0.1) is 24.0 Å². The van der Waals surface area contributed by atoms with E-state index in [4.69, 9.17) is 4.74 Å². The van der Waals surface area contributed by atoms with Gasteiger partial charge in [0, 0.05) is 58.3 Å². The van der Waals surface area contributed by atoms with Crippen LogP contribution in [0.3, 0.4) is 0 Å². The molecule has 0 spiro atoms. The first-order valence-corrected chi connectivity index (χ1v) is 9.59. The zero-order valence-corrected chi connectivity index (χ0v) is 19.3. The van der Waals surface area contributed by atoms with E-state index in [-0.39, 0.29) is 24.0 Å². The Morgan fingerprint density at radius 3 is 2.56 bits per heavy atom. The minimum atomic E-state index is 0. The molecule has 2 atom stereocenters. The van der Waals surface area contributed by atoms with Crippen LogP contribution in [-0.4, -0.2) is 94.2 Å². The Balaban J connectivity index is 0.00000261. The van der Waals surface area contributed by atoms with Crippen LogP contribution < -0.4 is 10.1 Å². The summed E-state index contributed by atoms with van der Waals surface area (Å²) in [6.07, 6.45) is 1.17. The fraction of sp³-hybridized carbons (Fsp3) is 0.650. The van der Waals surface area contributed by atoms with Crippen LogP contribution in [-0.2, 0) is 0 Å². The van der Waals surface area contributed by atoms with Gasteiger partial charge in [-0.25, -0.2) is 0 Å². The SMILES string of the molecule is CN=C(NCC1CN(C)CCN1C)N1CCC(c2ccc(OC)cc2)C1.I. The summed E-state index contributed by atoms with van der Waals surface area (Å²) in [6, 6.07) is 9.03. The van der Waals surface area contributed by atoms with Crippen LogP contribution in [0.2, 0.25) is 0 Å². The van der Waals surface area contributed by atoms with Crippen molar-refractivity contribution in [3.05, 3.63) is 29.8 Å². The Hall–Kier alpha value is -1.06. The average Bonchev–Trinajstić information content (AvgIpc) is 3.15. The van der Waals surface area contributed by atoms with Crippen molar-refractivity contribution in [2.24, 2.45) is 4.99 Å². The first-order valence-electron chi connectivity index (χ1n) is 9.59. The summed E-state index contributed by atoms with van der Waals surface area (Å²) in [7, 11) is 8.02. The molecule has 0 aromatic heterocycles. The molecule has 152 valence electrons. The van der Waals surface area contributed by atoms with Crippen molar-refractivity contribution >= 4 is 29.9 Å². The molecule has 2 aliphatic heterocycles. The summed E-state index contributed by atoms with van der Waals surface area (Å²) >= 11 is 0. The van der Waals surface area contributed by atoms with Gasteiger partial charge in [-0.05, 0) is 38.2 Å². The van der Waals surface area contributed by atoms with Crippen LogP contribution in [0.25, 0.3) is 0 Å². The highest BCUT2D eigenvalue weighted by atomic mass is 127. The van der Waals surface area contributed by atoms with Crippen molar-refractivity contribution in [1.82, 2.24) is 20.0 Å². The maximum Gasteiger partial charge on any atom is 0.193 e. The molecule has 2 heterocycles. The number of piperazine rings is 1. The number of benzene rings is 1. The standard InChI is InChI=1S/C20H33N5O.HI/c1-21-20(22-13-18-15-23(2)11-12-24(18)3)25-10-9-17(14-25)16-5-7-19(26-4)8-6-16;/h5-8,17-18H,9-15H2,1-4H3,(H,21,22);1H. The number of hydrogen-bond acceptors (Lipinski definition) is 4. The molecule has 0 aliphatic carbocycles. The fourth-order valence-corrected chi connectivity index (χ4v) is 3.96. The van der Waals surface area contributed by atoms with Gasteiger partial charge < -0.3 is 19.9 Å². The second-order valence-electron chi connectivity index (χ2n) is 7.53. The van der Waals surface area contributed by atoms with Gasteiger partial charge in [0.25, 0.3) is 0 Å². The molecule has 0 amide bonds. The van der Waals surface area contributed by atoms with Crippen molar-refractivity contribution in [2.45, 2.75) is 18.4 Å². The minimum absolute atomic E-state index is 0. The van der Waals surface area contributed by atoms with Gasteiger partial charge in [-0.3, -0.25) is 9.89 Å². The molecule has 6 nitrogen and oxygen atoms in total. The van der Waals surface area contributed by atoms with Crippen LogP contribution in [0.15, 0.2) is 29.3 Å². The fourth-order valence-electron chi connectivity index (χ4n) is 3.96. The molecule has 7 heteroatoms. The lowest BCUT2D eigenvalue weighted by atomic mass is 9.98. The molecule has 2 aliphatic rings. The van der Waals surface area contributed by atoms with E-state index >= 15 is 0 Å². The number of nitrogens with zero attached hydrogens (tertiary/aromatic N) is 4. The van der Waals surface area contributed by atoms with Gasteiger partial charge in [-0.1, -0.05) is 12.1 Å². The number of hydrogen-bond donors (Lipinski definition) is 1. The number of ether oxygens (including phenoxy) is 1. The van der Waals surface area contributed by atoms with Gasteiger partial charge in [0.1, 0.15) is 5.75 Å². The van der Waals surface area contributed by atoms with E-state index in [1.165, 1.54) is 12.0 Å². The van der Waals surface area contributed by atoms with E-state index in [1.807, 2.05) is 7.05 Å². The molecule has 0 bridgehead atoms. The number of rotatable bonds is 4. The minimum Gasteiger partial charge on any atom is -0.497 e. The van der Waals surface area contributed by atoms with Crippen LogP contribution >= 0.6 is 24.0 Å². The van der Waals surface area contributed by atoms with Crippen molar-refractivity contribution in [3.63, 3.8) is 0 Å². The van der Waals surface area contributed by atoms with Gasteiger partial charge in [0.05, 0.1) is 7.11 Å². The normalized spacial score (nSPS) is 24.6. The number of likely N-dealkylation sites (N-methyl/N-ethyl adjacent to an activating group) is 2. The van der Waals surface area contributed by atoms with E-state index in [9.17, 15) is 0 Å². The van der Waals surface area contributed by atoms with E-state index in [2.05, 4.69) is 63.4 Å². The molecule has 1 N–H and O–H groups in total. The maximum absolute atomic E-state index is 5.27. The Morgan fingerprint density at radius 1 is 1.15 bits per heavy atom. The third-order valence-corrected chi connectivity index (χ3v) is 5.76. The van der Waals surface area contributed by atoms with Crippen molar-refractivity contribution < 1.29 is 4.74 Å². The molecular formula is C20H34IN5O. The largest absolute Gasteiger partial charge is 0.497 e. The summed E-state index contributed by atoms with van der Waals surface area (Å²) in [4.78, 5) is 11.8. The number of guanidine groups is 1.